The van der Waals surface area contributed by atoms with Crippen LogP contribution in [0.15, 0.2) is 24.3 Å². The summed E-state index contributed by atoms with van der Waals surface area (Å²) in [6.07, 6.45) is 3.47. The van der Waals surface area contributed by atoms with Crippen molar-refractivity contribution in [1.82, 2.24) is 10.2 Å². The van der Waals surface area contributed by atoms with Gasteiger partial charge in [0.05, 0.1) is 5.56 Å². The molecule has 1 aliphatic rings. The van der Waals surface area contributed by atoms with Gasteiger partial charge in [-0.15, -0.1) is 0 Å². The van der Waals surface area contributed by atoms with E-state index in [0.717, 1.165) is 43.9 Å². The van der Waals surface area contributed by atoms with Gasteiger partial charge < -0.3 is 10.6 Å². The molecule has 0 aliphatic carbocycles. The molecule has 0 bridgehead atoms. The number of carbonyl (C=O) groups is 1. The molecule has 0 radical (unpaired) electrons. The quantitative estimate of drug-likeness (QED) is 0.811. The average molecular weight is 289 g/mol. The molecule has 1 fully saturated rings. The first kappa shape index (κ1) is 15.8. The molecule has 0 saturated carbocycles. The molecule has 4 nitrogen and oxygen atoms in total. The minimum Gasteiger partial charge on any atom is -0.384 e. The number of likely N-dealkylation sites (tertiary alicyclic amines) is 1. The summed E-state index contributed by atoms with van der Waals surface area (Å²) >= 11 is 0. The molecule has 2 N–H and O–H groups in total. The van der Waals surface area contributed by atoms with Crippen molar-refractivity contribution in [3.05, 3.63) is 29.8 Å². The van der Waals surface area contributed by atoms with E-state index in [0.29, 0.717) is 6.04 Å². The minimum absolute atomic E-state index is 0.0251. The van der Waals surface area contributed by atoms with E-state index in [1.54, 1.807) is 0 Å². The molecule has 1 unspecified atom stereocenters. The first-order valence-electron chi connectivity index (χ1n) is 8.11. The lowest BCUT2D eigenvalue weighted by Gasteiger charge is -2.23. The van der Waals surface area contributed by atoms with Crippen molar-refractivity contribution in [1.29, 1.82) is 0 Å². The Morgan fingerprint density at radius 1 is 1.33 bits per heavy atom. The highest BCUT2D eigenvalue weighted by Gasteiger charge is 2.23. The first-order valence-corrected chi connectivity index (χ1v) is 8.11. The van der Waals surface area contributed by atoms with Crippen molar-refractivity contribution in [3.8, 4) is 0 Å². The maximum atomic E-state index is 12.4. The van der Waals surface area contributed by atoms with Crippen molar-refractivity contribution in [2.45, 2.75) is 39.2 Å². The molecule has 2 rings (SSSR count). The molecule has 1 heterocycles. The van der Waals surface area contributed by atoms with E-state index in [2.05, 4.69) is 29.4 Å². The van der Waals surface area contributed by atoms with Crippen LogP contribution in [0.2, 0.25) is 0 Å². The fourth-order valence-corrected chi connectivity index (χ4v) is 2.94. The molecule has 1 aromatic carbocycles. The normalized spacial score (nSPS) is 18.7. The summed E-state index contributed by atoms with van der Waals surface area (Å²) in [6, 6.07) is 8.23. The summed E-state index contributed by atoms with van der Waals surface area (Å²) in [4.78, 5) is 14.9. The number of anilines is 1. The van der Waals surface area contributed by atoms with Crippen LogP contribution in [0, 0.1) is 0 Å². The summed E-state index contributed by atoms with van der Waals surface area (Å²) < 4.78 is 0. The van der Waals surface area contributed by atoms with Gasteiger partial charge in [0.1, 0.15) is 0 Å². The smallest absolute Gasteiger partial charge is 0.253 e. The number of carbonyl (C=O) groups excluding carboxylic acids is 1. The summed E-state index contributed by atoms with van der Waals surface area (Å²) in [6.45, 7) is 8.16. The fourth-order valence-electron chi connectivity index (χ4n) is 2.94. The number of nitrogens with one attached hydrogen (secondary N) is 2. The van der Waals surface area contributed by atoms with Gasteiger partial charge in [0, 0.05) is 24.8 Å². The van der Waals surface area contributed by atoms with Crippen LogP contribution >= 0.6 is 0 Å². The van der Waals surface area contributed by atoms with Crippen molar-refractivity contribution >= 4 is 11.6 Å². The fraction of sp³-hybridized carbons (Fsp3) is 0.588. The number of benzene rings is 1. The van der Waals surface area contributed by atoms with Crippen LogP contribution in [0.5, 0.6) is 0 Å². The molecule has 116 valence electrons. The lowest BCUT2D eigenvalue weighted by atomic mass is 10.1. The number of hydrogen-bond acceptors (Lipinski definition) is 3. The largest absolute Gasteiger partial charge is 0.384 e. The molecular formula is C17H27N3O. The van der Waals surface area contributed by atoms with E-state index in [4.69, 9.17) is 0 Å². The van der Waals surface area contributed by atoms with Crippen LogP contribution in [0.4, 0.5) is 5.69 Å². The molecule has 0 spiro atoms. The number of rotatable bonds is 7. The Labute approximate surface area is 127 Å². The standard InChI is InChI=1S/C17H27N3O/c1-3-11-18-16-10-6-5-9-15(16)17(21)19-13-14-8-7-12-20(14)4-2/h5-6,9-10,14,18H,3-4,7-8,11-13H2,1-2H3,(H,19,21). The van der Waals surface area contributed by atoms with Gasteiger partial charge >= 0.3 is 0 Å². The van der Waals surface area contributed by atoms with Gasteiger partial charge in [0.2, 0.25) is 0 Å². The Hall–Kier alpha value is -1.55. The van der Waals surface area contributed by atoms with Crippen LogP contribution in [0.3, 0.4) is 0 Å². The number of nitrogens with zero attached hydrogens (tertiary/aromatic N) is 1. The van der Waals surface area contributed by atoms with Gasteiger partial charge in [-0.3, -0.25) is 9.69 Å². The highest BCUT2D eigenvalue weighted by Crippen LogP contribution is 2.17. The Balaban J connectivity index is 1.94. The number of likely N-dealkylation sites (N-methyl/N-ethyl adjacent to an activating group) is 1. The van der Waals surface area contributed by atoms with Crippen LogP contribution in [-0.2, 0) is 0 Å². The Bertz CT molecular complexity index is 461. The predicted octanol–water partition coefficient (Wildman–Crippen LogP) is 2.72. The van der Waals surface area contributed by atoms with E-state index >= 15 is 0 Å². The maximum absolute atomic E-state index is 12.4. The molecule has 1 amide bonds. The molecule has 0 aromatic heterocycles. The third kappa shape index (κ3) is 4.21. The van der Waals surface area contributed by atoms with Crippen LogP contribution in [0.25, 0.3) is 0 Å². The van der Waals surface area contributed by atoms with Gasteiger partial charge in [-0.05, 0) is 44.5 Å². The monoisotopic (exact) mass is 289 g/mol. The second-order valence-corrected chi connectivity index (χ2v) is 5.61. The lowest BCUT2D eigenvalue weighted by Crippen LogP contribution is -2.40. The van der Waals surface area contributed by atoms with Crippen molar-refractivity contribution in [3.63, 3.8) is 0 Å². The van der Waals surface area contributed by atoms with Crippen molar-refractivity contribution < 1.29 is 4.79 Å². The first-order chi connectivity index (χ1) is 10.3. The van der Waals surface area contributed by atoms with Gasteiger partial charge in [-0.25, -0.2) is 0 Å². The molecule has 4 heteroatoms. The molecule has 1 aliphatic heterocycles. The van der Waals surface area contributed by atoms with E-state index < -0.39 is 0 Å². The van der Waals surface area contributed by atoms with Crippen LogP contribution < -0.4 is 10.6 Å². The zero-order valence-corrected chi connectivity index (χ0v) is 13.2. The second kappa shape index (κ2) is 8.03. The Kier molecular flexibility index (Phi) is 6.05. The maximum Gasteiger partial charge on any atom is 0.253 e. The molecule has 1 aromatic rings. The van der Waals surface area contributed by atoms with E-state index in [9.17, 15) is 4.79 Å². The number of hydrogen-bond donors (Lipinski definition) is 2. The van der Waals surface area contributed by atoms with Crippen LogP contribution in [0.1, 0.15) is 43.5 Å². The number of para-hydroxylation sites is 1. The van der Waals surface area contributed by atoms with Gasteiger partial charge in [0.15, 0.2) is 0 Å². The highest BCUT2D eigenvalue weighted by molar-refractivity contribution is 5.99. The summed E-state index contributed by atoms with van der Waals surface area (Å²) in [5.41, 5.74) is 1.67. The molecule has 21 heavy (non-hydrogen) atoms. The number of amides is 1. The van der Waals surface area contributed by atoms with Gasteiger partial charge in [-0.1, -0.05) is 26.0 Å². The van der Waals surface area contributed by atoms with Gasteiger partial charge in [-0.2, -0.15) is 0 Å². The molecule has 1 saturated heterocycles. The summed E-state index contributed by atoms with van der Waals surface area (Å²) in [5, 5.41) is 6.42. The van der Waals surface area contributed by atoms with Crippen molar-refractivity contribution in [2.75, 3.05) is 31.5 Å². The van der Waals surface area contributed by atoms with Crippen molar-refractivity contribution in [2.24, 2.45) is 0 Å². The predicted molar refractivity (Wildman–Crippen MR) is 87.8 cm³/mol. The lowest BCUT2D eigenvalue weighted by molar-refractivity contribution is 0.0942. The average Bonchev–Trinajstić information content (AvgIpc) is 2.98. The Morgan fingerprint density at radius 2 is 2.14 bits per heavy atom. The zero-order chi connectivity index (χ0) is 15.1. The minimum atomic E-state index is 0.0251. The third-order valence-corrected chi connectivity index (χ3v) is 4.14. The summed E-state index contributed by atoms with van der Waals surface area (Å²) in [7, 11) is 0. The van der Waals surface area contributed by atoms with E-state index in [1.165, 1.54) is 12.8 Å². The van der Waals surface area contributed by atoms with E-state index in [-0.39, 0.29) is 5.91 Å². The molecular weight excluding hydrogens is 262 g/mol. The topological polar surface area (TPSA) is 44.4 Å². The summed E-state index contributed by atoms with van der Waals surface area (Å²) in [5.74, 6) is 0.0251. The highest BCUT2D eigenvalue weighted by atomic mass is 16.1. The van der Waals surface area contributed by atoms with Crippen LogP contribution in [-0.4, -0.2) is 43.0 Å². The van der Waals surface area contributed by atoms with E-state index in [1.807, 2.05) is 24.3 Å². The molecule has 1 atom stereocenters. The SMILES string of the molecule is CCCNc1ccccc1C(=O)NCC1CCCN1CC. The Morgan fingerprint density at radius 3 is 2.90 bits per heavy atom. The zero-order valence-electron chi connectivity index (χ0n) is 13.2. The second-order valence-electron chi connectivity index (χ2n) is 5.61. The van der Waals surface area contributed by atoms with Gasteiger partial charge in [0.25, 0.3) is 5.91 Å². The third-order valence-electron chi connectivity index (χ3n) is 4.14.